The molecule has 0 amide bonds. The Morgan fingerprint density at radius 3 is 1.14 bits per heavy atom. The van der Waals surface area contributed by atoms with Crippen molar-refractivity contribution in [1.29, 1.82) is 0 Å². The summed E-state index contributed by atoms with van der Waals surface area (Å²) in [6, 6.07) is 76.1. The number of anilines is 6. The van der Waals surface area contributed by atoms with Gasteiger partial charge in [-0.3, -0.25) is 0 Å². The van der Waals surface area contributed by atoms with Crippen LogP contribution >= 0.6 is 11.6 Å². The zero-order chi connectivity index (χ0) is 46.0. The first-order valence-corrected chi connectivity index (χ1v) is 23.0. The van der Waals surface area contributed by atoms with Crippen molar-refractivity contribution >= 4 is 45.7 Å². The maximum atomic E-state index is 12.2. The lowest BCUT2D eigenvalue weighted by Crippen LogP contribution is -2.18. The highest BCUT2D eigenvalue weighted by Gasteiger charge is 2.30. The number of phenolic OH excluding ortho intramolecular Hbond substituents is 1. The van der Waals surface area contributed by atoms with Crippen LogP contribution in [-0.4, -0.2) is 5.11 Å². The molecule has 326 valence electrons. The summed E-state index contributed by atoms with van der Waals surface area (Å²) in [4.78, 5) is 4.43. The molecule has 66 heavy (non-hydrogen) atoms. The largest absolute Gasteiger partial charge is 0.508 e. The third kappa shape index (κ3) is 9.13. The predicted molar refractivity (Wildman–Crippen MR) is 282 cm³/mol. The van der Waals surface area contributed by atoms with E-state index < -0.39 is 0 Å². The molecule has 4 heteroatoms. The summed E-state index contributed by atoms with van der Waals surface area (Å²) in [7, 11) is 0. The number of rotatable bonds is 10. The van der Waals surface area contributed by atoms with Gasteiger partial charge in [0.2, 0.25) is 0 Å². The molecule has 0 heterocycles. The second-order valence-electron chi connectivity index (χ2n) is 19.0. The van der Waals surface area contributed by atoms with E-state index in [1.807, 2.05) is 18.2 Å². The van der Waals surface area contributed by atoms with Crippen LogP contribution < -0.4 is 9.80 Å². The molecule has 0 aliphatic heterocycles. The van der Waals surface area contributed by atoms with Crippen LogP contribution in [0.2, 0.25) is 5.02 Å². The van der Waals surface area contributed by atoms with Crippen molar-refractivity contribution in [2.24, 2.45) is 0 Å². The van der Waals surface area contributed by atoms with Gasteiger partial charge in [0.05, 0.1) is 22.1 Å². The molecule has 9 aromatic rings. The van der Waals surface area contributed by atoms with E-state index >= 15 is 0 Å². The topological polar surface area (TPSA) is 26.7 Å². The molecule has 3 nitrogen and oxygen atoms in total. The lowest BCUT2D eigenvalue weighted by molar-refractivity contribution is 0.475. The minimum absolute atomic E-state index is 0.0684. The Hall–Kier alpha value is -7.33. The Morgan fingerprint density at radius 1 is 0.348 bits per heavy atom. The normalized spacial score (nSPS) is 11.6. The summed E-state index contributed by atoms with van der Waals surface area (Å²) in [6.07, 6.45) is 0. The first-order chi connectivity index (χ1) is 31.8. The fraction of sp³-hybridized carbons (Fsp3) is 0.129. The molecule has 0 atom stereocenters. The summed E-state index contributed by atoms with van der Waals surface area (Å²) in [5, 5.41) is 12.7. The molecule has 0 aromatic heterocycles. The third-order valence-corrected chi connectivity index (χ3v) is 12.7. The van der Waals surface area contributed by atoms with Crippen LogP contribution in [0.4, 0.5) is 34.1 Å². The van der Waals surface area contributed by atoms with E-state index in [4.69, 9.17) is 11.6 Å². The van der Waals surface area contributed by atoms with Crippen molar-refractivity contribution in [3.8, 4) is 50.3 Å². The van der Waals surface area contributed by atoms with Crippen molar-refractivity contribution in [2.75, 3.05) is 9.80 Å². The zero-order valence-corrected chi connectivity index (χ0v) is 39.3. The SMILES string of the molecule is CC(C)(C)c1ccc(N(c2cc(O)cc(N(c3cccc(-c4ccccc4)c3)c3cccc(-c4ccccc4)c3)c2Cl)c2c(-c3ccccc3)cc(C(C)(C)C)cc2-c2ccccc2)cc1. The molecule has 0 fully saturated rings. The van der Waals surface area contributed by atoms with Gasteiger partial charge in [0.25, 0.3) is 0 Å². The van der Waals surface area contributed by atoms with Crippen LogP contribution in [0.5, 0.6) is 5.75 Å². The van der Waals surface area contributed by atoms with E-state index in [9.17, 15) is 5.11 Å². The Balaban J connectivity index is 1.37. The summed E-state index contributed by atoms with van der Waals surface area (Å²) in [5.41, 5.74) is 15.7. The van der Waals surface area contributed by atoms with E-state index in [1.165, 1.54) is 11.1 Å². The van der Waals surface area contributed by atoms with Gasteiger partial charge in [-0.05, 0) is 104 Å². The molecule has 0 radical (unpaired) electrons. The van der Waals surface area contributed by atoms with Gasteiger partial charge in [0, 0.05) is 40.3 Å². The number of phenols is 1. The van der Waals surface area contributed by atoms with Gasteiger partial charge >= 0.3 is 0 Å². The van der Waals surface area contributed by atoms with Gasteiger partial charge in [-0.2, -0.15) is 0 Å². The Bertz CT molecular complexity index is 2950. The molecular formula is C62H55ClN2O. The van der Waals surface area contributed by atoms with Gasteiger partial charge in [0.15, 0.2) is 0 Å². The number of nitrogens with zero attached hydrogens (tertiary/aromatic N) is 2. The van der Waals surface area contributed by atoms with Gasteiger partial charge < -0.3 is 14.9 Å². The second kappa shape index (κ2) is 18.3. The molecule has 0 saturated heterocycles. The lowest BCUT2D eigenvalue weighted by atomic mass is 9.82. The number of hydrogen-bond acceptors (Lipinski definition) is 3. The fourth-order valence-corrected chi connectivity index (χ4v) is 9.00. The molecule has 0 bridgehead atoms. The Labute approximate surface area is 395 Å². The third-order valence-electron chi connectivity index (χ3n) is 12.3. The van der Waals surface area contributed by atoms with E-state index in [-0.39, 0.29) is 16.6 Å². The van der Waals surface area contributed by atoms with Crippen molar-refractivity contribution in [3.05, 3.63) is 235 Å². The first kappa shape index (κ1) is 43.9. The summed E-state index contributed by atoms with van der Waals surface area (Å²) in [6.45, 7) is 13.5. The van der Waals surface area contributed by atoms with Crippen molar-refractivity contribution in [2.45, 2.75) is 52.4 Å². The maximum Gasteiger partial charge on any atom is 0.119 e. The van der Waals surface area contributed by atoms with Crippen LogP contribution in [0, 0.1) is 0 Å². The van der Waals surface area contributed by atoms with Crippen molar-refractivity contribution in [1.82, 2.24) is 0 Å². The summed E-state index contributed by atoms with van der Waals surface area (Å²) >= 11 is 8.09. The molecule has 9 aromatic carbocycles. The van der Waals surface area contributed by atoms with E-state index in [0.717, 1.165) is 67.3 Å². The number of halogens is 1. The monoisotopic (exact) mass is 878 g/mol. The van der Waals surface area contributed by atoms with Crippen LogP contribution in [0.15, 0.2) is 218 Å². The molecule has 0 aliphatic carbocycles. The van der Waals surface area contributed by atoms with Crippen LogP contribution in [0.1, 0.15) is 52.7 Å². The Morgan fingerprint density at radius 2 is 0.727 bits per heavy atom. The number of aromatic hydroxyl groups is 1. The molecule has 0 spiro atoms. The smallest absolute Gasteiger partial charge is 0.119 e. The van der Waals surface area contributed by atoms with Gasteiger partial charge in [-0.1, -0.05) is 211 Å². The highest BCUT2D eigenvalue weighted by molar-refractivity contribution is 6.37. The van der Waals surface area contributed by atoms with Crippen LogP contribution in [0.3, 0.4) is 0 Å². The minimum Gasteiger partial charge on any atom is -0.508 e. The second-order valence-corrected chi connectivity index (χ2v) is 19.4. The predicted octanol–water partition coefficient (Wildman–Crippen LogP) is 18.2. The fourth-order valence-electron chi connectivity index (χ4n) is 8.73. The maximum absolute atomic E-state index is 12.2. The van der Waals surface area contributed by atoms with Crippen LogP contribution in [0.25, 0.3) is 44.5 Å². The molecule has 9 rings (SSSR count). The van der Waals surface area contributed by atoms with Crippen molar-refractivity contribution in [3.63, 3.8) is 0 Å². The van der Waals surface area contributed by atoms with Gasteiger partial charge in [-0.15, -0.1) is 0 Å². The molecule has 0 aliphatic rings. The standard InChI is InChI=1S/C62H55ClN2O/c1-61(2,3)49-33-35-51(36-34-49)65(60-55(45-25-15-9-16-26-45)39-50(62(4,5)6)40-56(60)46-27-17-10-18-28-46)58-42-54(66)41-57(59(58)63)64(52-31-19-29-47(37-52)43-21-11-7-12-22-43)53-32-20-30-48(38-53)44-23-13-8-14-24-44/h7-42,66H,1-6H3. The zero-order valence-electron chi connectivity index (χ0n) is 38.5. The van der Waals surface area contributed by atoms with Gasteiger partial charge in [-0.25, -0.2) is 0 Å². The van der Waals surface area contributed by atoms with Gasteiger partial charge in [0.1, 0.15) is 5.75 Å². The lowest BCUT2D eigenvalue weighted by Gasteiger charge is -2.35. The average Bonchev–Trinajstić information content (AvgIpc) is 3.34. The quantitative estimate of drug-likeness (QED) is 0.148. The first-order valence-electron chi connectivity index (χ1n) is 22.7. The average molecular weight is 880 g/mol. The highest BCUT2D eigenvalue weighted by atomic mass is 35.5. The number of hydrogen-bond donors (Lipinski definition) is 1. The molecule has 0 unspecified atom stereocenters. The minimum atomic E-state index is -0.163. The van der Waals surface area contributed by atoms with E-state index in [1.54, 1.807) is 6.07 Å². The summed E-state index contributed by atoms with van der Waals surface area (Å²) in [5.74, 6) is 0.0815. The number of benzene rings is 9. The van der Waals surface area contributed by atoms with E-state index in [0.29, 0.717) is 16.4 Å². The Kier molecular flexibility index (Phi) is 12.2. The van der Waals surface area contributed by atoms with E-state index in [2.05, 4.69) is 245 Å². The molecule has 0 saturated carbocycles. The molecular weight excluding hydrogens is 824 g/mol. The van der Waals surface area contributed by atoms with Crippen LogP contribution in [-0.2, 0) is 10.8 Å². The summed E-state index contributed by atoms with van der Waals surface area (Å²) < 4.78 is 0. The highest BCUT2D eigenvalue weighted by Crippen LogP contribution is 2.54. The van der Waals surface area contributed by atoms with Crippen molar-refractivity contribution < 1.29 is 5.11 Å². The molecule has 1 N–H and O–H groups in total.